The van der Waals surface area contributed by atoms with Gasteiger partial charge in [-0.1, -0.05) is 0 Å². The van der Waals surface area contributed by atoms with Crippen LogP contribution in [0.5, 0.6) is 0 Å². The first-order valence-corrected chi connectivity index (χ1v) is 18.5. The van der Waals surface area contributed by atoms with E-state index in [0.29, 0.717) is 0 Å². The van der Waals surface area contributed by atoms with Crippen LogP contribution in [0.4, 0.5) is 0 Å². The second-order valence-corrected chi connectivity index (χ2v) is 14.7. The average molecular weight is 854 g/mol. The normalized spacial score (nSPS) is 51.6. The lowest BCUT2D eigenvalue weighted by molar-refractivity contribution is -0.399. The summed E-state index contributed by atoms with van der Waals surface area (Å²) in [5.41, 5.74) is 0. The monoisotopic (exact) mass is 853 g/mol. The fourth-order valence-electron chi connectivity index (χ4n) is 7.23. The molecular weight excluding hydrogens is 798 g/mol. The molecule has 0 unspecified atom stereocenters. The molecule has 25 atom stereocenters. The molecule has 0 radical (unpaired) electrons. The smallest absolute Gasteiger partial charge is 0.217 e. The highest BCUT2D eigenvalue weighted by molar-refractivity contribution is 5.73. The largest absolute Gasteiger partial charge is 0.394 e. The average Bonchev–Trinajstić information content (AvgIpc) is 3.19. The van der Waals surface area contributed by atoms with Gasteiger partial charge in [0.15, 0.2) is 31.5 Å². The summed E-state index contributed by atoms with van der Waals surface area (Å²) in [5, 5.41) is 160. The van der Waals surface area contributed by atoms with Crippen molar-refractivity contribution in [1.82, 2.24) is 5.32 Å². The molecular formula is C32H55NO25. The fourth-order valence-corrected chi connectivity index (χ4v) is 7.23. The van der Waals surface area contributed by atoms with Gasteiger partial charge in [-0.3, -0.25) is 4.79 Å². The van der Waals surface area contributed by atoms with Crippen molar-refractivity contribution in [3.05, 3.63) is 0 Å². The quantitative estimate of drug-likeness (QED) is 0.0818. The second-order valence-electron chi connectivity index (χ2n) is 14.7. The van der Waals surface area contributed by atoms with Gasteiger partial charge in [-0.2, -0.15) is 0 Å². The number of hydrogen-bond donors (Lipinski definition) is 16. The van der Waals surface area contributed by atoms with Crippen molar-refractivity contribution >= 4 is 5.91 Å². The first-order chi connectivity index (χ1) is 27.3. The summed E-state index contributed by atoms with van der Waals surface area (Å²) in [4.78, 5) is 12.0. The van der Waals surface area contributed by atoms with E-state index in [0.717, 1.165) is 6.92 Å². The zero-order valence-electron chi connectivity index (χ0n) is 31.1. The van der Waals surface area contributed by atoms with E-state index in [-0.39, 0.29) is 0 Å². The number of amides is 1. The van der Waals surface area contributed by atoms with E-state index >= 15 is 0 Å². The Morgan fingerprint density at radius 1 is 0.483 bits per heavy atom. The molecule has 5 aliphatic heterocycles. The molecule has 26 nitrogen and oxygen atoms in total. The third-order valence-electron chi connectivity index (χ3n) is 10.7. The highest BCUT2D eigenvalue weighted by Gasteiger charge is 2.56. The van der Waals surface area contributed by atoms with Gasteiger partial charge in [-0.05, 0) is 6.92 Å². The third-order valence-corrected chi connectivity index (χ3v) is 10.7. The van der Waals surface area contributed by atoms with Crippen molar-refractivity contribution in [3.8, 4) is 0 Å². The van der Waals surface area contributed by atoms with Gasteiger partial charge in [0.2, 0.25) is 5.91 Å². The molecule has 58 heavy (non-hydrogen) atoms. The Bertz CT molecular complexity index is 1310. The number of carbonyl (C=O) groups excluding carboxylic acids is 1. The van der Waals surface area contributed by atoms with Gasteiger partial charge in [0, 0.05) is 6.92 Å². The summed E-state index contributed by atoms with van der Waals surface area (Å²) in [7, 11) is 0. The van der Waals surface area contributed by atoms with Crippen molar-refractivity contribution in [3.63, 3.8) is 0 Å². The predicted molar refractivity (Wildman–Crippen MR) is 177 cm³/mol. The van der Waals surface area contributed by atoms with Crippen LogP contribution in [0.1, 0.15) is 13.8 Å². The Morgan fingerprint density at radius 3 is 1.48 bits per heavy atom. The highest BCUT2D eigenvalue weighted by atomic mass is 16.8. The minimum atomic E-state index is -2.10. The number of ether oxygens (including phenoxy) is 9. The maximum atomic E-state index is 12.0. The van der Waals surface area contributed by atoms with E-state index in [4.69, 9.17) is 42.6 Å². The number of nitrogens with one attached hydrogen (secondary N) is 1. The Hall–Kier alpha value is -1.49. The Balaban J connectivity index is 1.38. The molecule has 0 spiro atoms. The highest BCUT2D eigenvalue weighted by Crippen LogP contribution is 2.35. The molecule has 0 aliphatic carbocycles. The SMILES string of the molecule is CC(=O)N[C@@H]1[C@@H](O[C@@H]2O[C@H](CO)[C@H](O)[C@H](O)[C@H]2O[C@@H]2O[C@@H](C)[C@@H](O)[C@@H](O)[C@@H]2O[C@H]2O[C@H](CO[C@H]3O[C@H](CO)[C@H](O)[C@H](O)[C@H]3O)[C@H](O)[C@H](O)[C@H]2O)[C@H](O)[C@@H](CO)O[C@H]1O. The summed E-state index contributed by atoms with van der Waals surface area (Å²) in [6.07, 6.45) is -43.3. The Kier molecular flexibility index (Phi) is 16.5. The number of carbonyl (C=O) groups is 1. The Morgan fingerprint density at radius 2 is 0.914 bits per heavy atom. The van der Waals surface area contributed by atoms with Crippen LogP contribution >= 0.6 is 0 Å². The fraction of sp³-hybridized carbons (Fsp3) is 0.969. The van der Waals surface area contributed by atoms with E-state index in [1.807, 2.05) is 0 Å². The van der Waals surface area contributed by atoms with Crippen molar-refractivity contribution < 1.29 is 124 Å². The third kappa shape index (κ3) is 9.91. The summed E-state index contributed by atoms with van der Waals surface area (Å²) >= 11 is 0. The lowest BCUT2D eigenvalue weighted by Gasteiger charge is -2.50. The zero-order valence-corrected chi connectivity index (χ0v) is 31.1. The number of aliphatic hydroxyl groups is 15. The topological polar surface area (TPSA) is 416 Å². The molecule has 0 saturated carbocycles. The van der Waals surface area contributed by atoms with Crippen LogP contribution in [0.3, 0.4) is 0 Å². The molecule has 5 saturated heterocycles. The van der Waals surface area contributed by atoms with Gasteiger partial charge in [0.1, 0.15) is 116 Å². The molecule has 26 heteroatoms. The van der Waals surface area contributed by atoms with Gasteiger partial charge in [-0.15, -0.1) is 0 Å². The molecule has 5 rings (SSSR count). The van der Waals surface area contributed by atoms with Crippen LogP contribution in [0.25, 0.3) is 0 Å². The van der Waals surface area contributed by atoms with Crippen LogP contribution < -0.4 is 5.32 Å². The summed E-state index contributed by atoms with van der Waals surface area (Å²) in [6, 6.07) is -1.54. The van der Waals surface area contributed by atoms with Crippen molar-refractivity contribution in [2.24, 2.45) is 0 Å². The lowest BCUT2D eigenvalue weighted by Crippen LogP contribution is -2.69. The molecule has 1 amide bonds. The predicted octanol–water partition coefficient (Wildman–Crippen LogP) is -10.8. The van der Waals surface area contributed by atoms with Crippen LogP contribution in [-0.2, 0) is 47.4 Å². The summed E-state index contributed by atoms with van der Waals surface area (Å²) < 4.78 is 50.6. The summed E-state index contributed by atoms with van der Waals surface area (Å²) in [5.74, 6) is -0.721. The van der Waals surface area contributed by atoms with Gasteiger partial charge >= 0.3 is 0 Å². The first kappa shape index (κ1) is 47.6. The molecule has 16 N–H and O–H groups in total. The van der Waals surface area contributed by atoms with E-state index in [1.165, 1.54) is 6.92 Å². The van der Waals surface area contributed by atoms with Crippen LogP contribution in [0.15, 0.2) is 0 Å². The minimum absolute atomic E-state index is 0.721. The van der Waals surface area contributed by atoms with Crippen molar-refractivity contribution in [2.45, 2.75) is 167 Å². The molecule has 0 aromatic carbocycles. The molecule has 0 aromatic heterocycles. The minimum Gasteiger partial charge on any atom is -0.394 e. The molecule has 5 aliphatic rings. The lowest BCUT2D eigenvalue weighted by atomic mass is 9.95. The van der Waals surface area contributed by atoms with Gasteiger partial charge in [-0.25, -0.2) is 0 Å². The van der Waals surface area contributed by atoms with Gasteiger partial charge in [0.05, 0.1) is 32.5 Å². The molecule has 0 aromatic rings. The number of hydrogen-bond acceptors (Lipinski definition) is 25. The molecule has 338 valence electrons. The number of aliphatic hydroxyl groups excluding tert-OH is 15. The van der Waals surface area contributed by atoms with E-state index in [9.17, 15) is 81.4 Å². The zero-order chi connectivity index (χ0) is 42.9. The van der Waals surface area contributed by atoms with E-state index in [1.54, 1.807) is 0 Å². The van der Waals surface area contributed by atoms with Gasteiger partial charge in [0.25, 0.3) is 0 Å². The maximum Gasteiger partial charge on any atom is 0.217 e. The summed E-state index contributed by atoms with van der Waals surface area (Å²) in [6.45, 7) is -0.917. The standard InChI is InChI=1S/C32H55NO25/c1-7-14(38)21(45)26(57-30-24(48)20(44)17(41)12(55-30)6-50-29-23(47)19(43)15(39)9(3-34)53-29)31(51-7)58-27-22(46)16(40)10(4-35)54-32(27)56-25-13(33-8(2)37)28(49)52-11(5-36)18(25)42/h7,9-32,34-36,38-49H,3-6H2,1-2H3,(H,33,37)/t7-,9+,10+,11+,12+,13+,14+,15-,16-,17-,18+,19-,20-,21+,22-,23+,24+,25+,26-,27+,28+,29-,30+,31-,32-/m0/s1. The molecule has 0 bridgehead atoms. The van der Waals surface area contributed by atoms with E-state index in [2.05, 4.69) is 5.32 Å². The van der Waals surface area contributed by atoms with Crippen molar-refractivity contribution in [1.29, 1.82) is 0 Å². The number of rotatable bonds is 13. The van der Waals surface area contributed by atoms with Crippen molar-refractivity contribution in [2.75, 3.05) is 26.4 Å². The maximum absolute atomic E-state index is 12.0. The first-order valence-electron chi connectivity index (χ1n) is 18.5. The molecule has 5 fully saturated rings. The Labute approximate surface area is 329 Å². The van der Waals surface area contributed by atoms with E-state index < -0.39 is 186 Å². The van der Waals surface area contributed by atoms with Crippen LogP contribution in [-0.4, -0.2) is 262 Å². The second kappa shape index (κ2) is 20.1. The van der Waals surface area contributed by atoms with Crippen LogP contribution in [0.2, 0.25) is 0 Å². The molecule has 5 heterocycles. The van der Waals surface area contributed by atoms with Crippen LogP contribution in [0, 0.1) is 0 Å². The van der Waals surface area contributed by atoms with Gasteiger partial charge < -0.3 is 125 Å².